The summed E-state index contributed by atoms with van der Waals surface area (Å²) >= 11 is 0. The van der Waals surface area contributed by atoms with Crippen molar-refractivity contribution in [1.29, 1.82) is 0 Å². The van der Waals surface area contributed by atoms with Gasteiger partial charge in [-0.15, -0.1) is 0 Å². The first-order valence-electron chi connectivity index (χ1n) is 8.40. The van der Waals surface area contributed by atoms with Gasteiger partial charge < -0.3 is 10.2 Å². The molecule has 25 heavy (non-hydrogen) atoms. The van der Waals surface area contributed by atoms with Gasteiger partial charge in [-0.1, -0.05) is 42.5 Å². The normalized spacial score (nSPS) is 18.2. The van der Waals surface area contributed by atoms with Crippen molar-refractivity contribution < 1.29 is 14.0 Å². The van der Waals surface area contributed by atoms with Crippen LogP contribution in [0.4, 0.5) is 4.39 Å². The number of nitrogens with one attached hydrogen (secondary N) is 1. The van der Waals surface area contributed by atoms with Crippen LogP contribution >= 0.6 is 0 Å². The van der Waals surface area contributed by atoms with E-state index in [0.29, 0.717) is 13.1 Å². The molecule has 130 valence electrons. The standard InChI is InChI=1S/C20H21FN2O2/c1-14(16-7-9-18(21)10-8-16)22-20(25)17-11-19(24)23(13-17)12-15-5-3-2-4-6-15/h2-10,14,17H,11-13H2,1H3,(H,22,25). The Kier molecular flexibility index (Phi) is 5.12. The summed E-state index contributed by atoms with van der Waals surface area (Å²) in [6.07, 6.45) is 0.231. The van der Waals surface area contributed by atoms with Crippen LogP contribution in [0.2, 0.25) is 0 Å². The molecule has 0 spiro atoms. The molecule has 2 atom stereocenters. The second-order valence-corrected chi connectivity index (χ2v) is 6.44. The second-order valence-electron chi connectivity index (χ2n) is 6.44. The maximum Gasteiger partial charge on any atom is 0.225 e. The molecule has 1 aliphatic rings. The molecule has 0 aliphatic carbocycles. The Morgan fingerprint density at radius 2 is 1.88 bits per heavy atom. The molecule has 0 aromatic heterocycles. The van der Waals surface area contributed by atoms with E-state index in [1.807, 2.05) is 37.3 Å². The van der Waals surface area contributed by atoms with Gasteiger partial charge in [0.1, 0.15) is 5.82 Å². The average molecular weight is 340 g/mol. The van der Waals surface area contributed by atoms with Crippen molar-refractivity contribution >= 4 is 11.8 Å². The summed E-state index contributed by atoms with van der Waals surface area (Å²) in [5.41, 5.74) is 1.89. The van der Waals surface area contributed by atoms with Gasteiger partial charge >= 0.3 is 0 Å². The highest BCUT2D eigenvalue weighted by molar-refractivity contribution is 5.89. The zero-order chi connectivity index (χ0) is 17.8. The van der Waals surface area contributed by atoms with E-state index in [9.17, 15) is 14.0 Å². The van der Waals surface area contributed by atoms with Crippen LogP contribution in [-0.4, -0.2) is 23.3 Å². The quantitative estimate of drug-likeness (QED) is 0.909. The Labute approximate surface area is 146 Å². The van der Waals surface area contributed by atoms with E-state index in [0.717, 1.165) is 11.1 Å². The van der Waals surface area contributed by atoms with E-state index in [4.69, 9.17) is 0 Å². The van der Waals surface area contributed by atoms with E-state index < -0.39 is 0 Å². The molecule has 2 aromatic carbocycles. The fourth-order valence-electron chi connectivity index (χ4n) is 3.07. The number of hydrogen-bond donors (Lipinski definition) is 1. The van der Waals surface area contributed by atoms with Gasteiger partial charge in [0.25, 0.3) is 0 Å². The zero-order valence-electron chi connectivity index (χ0n) is 14.1. The molecular weight excluding hydrogens is 319 g/mol. The molecule has 1 N–H and O–H groups in total. The van der Waals surface area contributed by atoms with E-state index in [2.05, 4.69) is 5.32 Å². The number of carbonyl (C=O) groups excluding carboxylic acids is 2. The number of rotatable bonds is 5. The minimum atomic E-state index is -0.348. The second kappa shape index (κ2) is 7.47. The summed E-state index contributed by atoms with van der Waals surface area (Å²) in [6.45, 7) is 2.80. The zero-order valence-corrected chi connectivity index (χ0v) is 14.1. The van der Waals surface area contributed by atoms with Gasteiger partial charge in [-0.2, -0.15) is 0 Å². The predicted molar refractivity (Wildman–Crippen MR) is 92.9 cm³/mol. The largest absolute Gasteiger partial charge is 0.349 e. The smallest absolute Gasteiger partial charge is 0.225 e. The first kappa shape index (κ1) is 17.1. The van der Waals surface area contributed by atoms with E-state index in [1.54, 1.807) is 17.0 Å². The topological polar surface area (TPSA) is 49.4 Å². The van der Waals surface area contributed by atoms with Crippen LogP contribution in [0.15, 0.2) is 54.6 Å². The molecule has 5 heteroatoms. The van der Waals surface area contributed by atoms with Crippen LogP contribution in [0.5, 0.6) is 0 Å². The number of hydrogen-bond acceptors (Lipinski definition) is 2. The fraction of sp³-hybridized carbons (Fsp3) is 0.300. The van der Waals surface area contributed by atoms with Crippen LogP contribution in [-0.2, 0) is 16.1 Å². The lowest BCUT2D eigenvalue weighted by Crippen LogP contribution is -2.34. The Morgan fingerprint density at radius 1 is 1.20 bits per heavy atom. The lowest BCUT2D eigenvalue weighted by Gasteiger charge is -2.19. The molecule has 1 heterocycles. The Balaban J connectivity index is 1.58. The first-order chi connectivity index (χ1) is 12.0. The number of amides is 2. The van der Waals surface area contributed by atoms with E-state index in [1.165, 1.54) is 12.1 Å². The molecule has 2 aromatic rings. The van der Waals surface area contributed by atoms with Gasteiger partial charge in [0.05, 0.1) is 12.0 Å². The number of likely N-dealkylation sites (tertiary alicyclic amines) is 1. The van der Waals surface area contributed by atoms with Crippen LogP contribution < -0.4 is 5.32 Å². The predicted octanol–water partition coefficient (Wildman–Crippen LogP) is 3.05. The van der Waals surface area contributed by atoms with Crippen molar-refractivity contribution in [3.8, 4) is 0 Å². The average Bonchev–Trinajstić information content (AvgIpc) is 2.97. The number of halogens is 1. The van der Waals surface area contributed by atoms with Gasteiger partial charge in [0.15, 0.2) is 0 Å². The summed E-state index contributed by atoms with van der Waals surface area (Å²) in [6, 6.07) is 15.6. The van der Waals surface area contributed by atoms with Gasteiger partial charge in [0.2, 0.25) is 11.8 Å². The molecule has 4 nitrogen and oxygen atoms in total. The van der Waals surface area contributed by atoms with Crippen molar-refractivity contribution in [3.63, 3.8) is 0 Å². The summed E-state index contributed by atoms with van der Waals surface area (Å²) in [4.78, 5) is 26.4. The lowest BCUT2D eigenvalue weighted by atomic mass is 10.0. The van der Waals surface area contributed by atoms with E-state index >= 15 is 0 Å². The Morgan fingerprint density at radius 3 is 2.56 bits per heavy atom. The third kappa shape index (κ3) is 4.24. The third-order valence-electron chi connectivity index (χ3n) is 4.53. The van der Waals surface area contributed by atoms with Gasteiger partial charge in [0, 0.05) is 19.5 Å². The highest BCUT2D eigenvalue weighted by Gasteiger charge is 2.34. The minimum absolute atomic E-state index is 0.00145. The van der Waals surface area contributed by atoms with Crippen molar-refractivity contribution in [2.45, 2.75) is 25.9 Å². The van der Waals surface area contributed by atoms with Crippen LogP contribution in [0, 0.1) is 11.7 Å². The summed E-state index contributed by atoms with van der Waals surface area (Å²) in [5.74, 6) is -0.793. The van der Waals surface area contributed by atoms with Crippen molar-refractivity contribution in [1.82, 2.24) is 10.2 Å². The Hall–Kier alpha value is -2.69. The summed E-state index contributed by atoms with van der Waals surface area (Å²) < 4.78 is 13.0. The molecule has 0 bridgehead atoms. The monoisotopic (exact) mass is 340 g/mol. The molecule has 0 saturated carbocycles. The highest BCUT2D eigenvalue weighted by Crippen LogP contribution is 2.22. The molecule has 2 amide bonds. The number of benzene rings is 2. The number of carbonyl (C=O) groups is 2. The maximum absolute atomic E-state index is 13.0. The minimum Gasteiger partial charge on any atom is -0.349 e. The van der Waals surface area contributed by atoms with Gasteiger partial charge in [-0.05, 0) is 30.2 Å². The summed E-state index contributed by atoms with van der Waals surface area (Å²) in [5, 5.41) is 2.92. The molecule has 3 rings (SSSR count). The van der Waals surface area contributed by atoms with Crippen LogP contribution in [0.25, 0.3) is 0 Å². The molecule has 1 aliphatic heterocycles. The van der Waals surface area contributed by atoms with Crippen LogP contribution in [0.3, 0.4) is 0 Å². The lowest BCUT2D eigenvalue weighted by molar-refractivity contribution is -0.129. The molecule has 0 radical (unpaired) electrons. The van der Waals surface area contributed by atoms with Gasteiger partial charge in [-0.3, -0.25) is 9.59 Å². The SMILES string of the molecule is CC(NC(=O)C1CC(=O)N(Cc2ccccc2)C1)c1ccc(F)cc1. The van der Waals surface area contributed by atoms with Gasteiger partial charge in [-0.25, -0.2) is 4.39 Å². The van der Waals surface area contributed by atoms with E-state index in [-0.39, 0.29) is 36.0 Å². The maximum atomic E-state index is 13.0. The first-order valence-corrected chi connectivity index (χ1v) is 8.40. The number of nitrogens with zero attached hydrogens (tertiary/aromatic N) is 1. The van der Waals surface area contributed by atoms with Crippen molar-refractivity contribution in [2.24, 2.45) is 5.92 Å². The Bertz CT molecular complexity index is 746. The highest BCUT2D eigenvalue weighted by atomic mass is 19.1. The third-order valence-corrected chi connectivity index (χ3v) is 4.53. The molecule has 1 fully saturated rings. The van der Waals surface area contributed by atoms with Crippen molar-refractivity contribution in [3.05, 3.63) is 71.5 Å². The molecule has 2 unspecified atom stereocenters. The molecular formula is C20H21FN2O2. The molecule has 1 saturated heterocycles. The van der Waals surface area contributed by atoms with Crippen LogP contribution in [0.1, 0.15) is 30.5 Å². The summed E-state index contributed by atoms with van der Waals surface area (Å²) in [7, 11) is 0. The van der Waals surface area contributed by atoms with Crippen molar-refractivity contribution in [2.75, 3.05) is 6.54 Å². The fourth-order valence-corrected chi connectivity index (χ4v) is 3.07.